The zero-order valence-electron chi connectivity index (χ0n) is 9.28. The second-order valence-corrected chi connectivity index (χ2v) is 3.83. The van der Waals surface area contributed by atoms with Gasteiger partial charge in [0, 0.05) is 12.0 Å². The normalized spacial score (nSPS) is 13.1. The average Bonchev–Trinajstić information content (AvgIpc) is 2.27. The lowest BCUT2D eigenvalue weighted by Crippen LogP contribution is -2.28. The highest BCUT2D eigenvalue weighted by molar-refractivity contribution is 5.96. The third-order valence-electron chi connectivity index (χ3n) is 2.41. The predicted octanol–water partition coefficient (Wildman–Crippen LogP) is 2.91. The van der Waals surface area contributed by atoms with Crippen LogP contribution in [0.4, 0.5) is 13.2 Å². The van der Waals surface area contributed by atoms with Gasteiger partial charge in [-0.2, -0.15) is 13.2 Å². The number of benzene rings is 1. The lowest BCUT2D eigenvalue weighted by atomic mass is 9.95. The van der Waals surface area contributed by atoms with Gasteiger partial charge in [0.15, 0.2) is 5.78 Å². The minimum absolute atomic E-state index is 0.150. The molecule has 0 fully saturated rings. The highest BCUT2D eigenvalue weighted by atomic mass is 19.4. The Kier molecular flexibility index (Phi) is 4.47. The molecule has 0 spiro atoms. The van der Waals surface area contributed by atoms with Gasteiger partial charge in [-0.05, 0) is 0 Å². The molecule has 0 heterocycles. The van der Waals surface area contributed by atoms with Crippen molar-refractivity contribution < 1.29 is 27.9 Å². The van der Waals surface area contributed by atoms with Gasteiger partial charge in [-0.15, -0.1) is 0 Å². The molecule has 0 aliphatic heterocycles. The Morgan fingerprint density at radius 1 is 1.11 bits per heavy atom. The molecular weight excluding hydrogens is 249 g/mol. The molecule has 0 saturated heterocycles. The Morgan fingerprint density at radius 3 is 2.11 bits per heavy atom. The molecule has 3 nitrogen and oxygen atoms in total. The molecule has 98 valence electrons. The summed E-state index contributed by atoms with van der Waals surface area (Å²) in [5.41, 5.74) is 0.150. The third-order valence-corrected chi connectivity index (χ3v) is 2.41. The van der Waals surface area contributed by atoms with Crippen molar-refractivity contribution in [2.45, 2.75) is 19.0 Å². The molecule has 1 atom stereocenters. The Labute approximate surface area is 101 Å². The van der Waals surface area contributed by atoms with Gasteiger partial charge >= 0.3 is 12.1 Å². The van der Waals surface area contributed by atoms with Gasteiger partial charge < -0.3 is 5.11 Å². The molecule has 1 aromatic carbocycles. The topological polar surface area (TPSA) is 54.4 Å². The summed E-state index contributed by atoms with van der Waals surface area (Å²) in [5, 5.41) is 8.42. The van der Waals surface area contributed by atoms with Crippen molar-refractivity contribution in [3.63, 3.8) is 0 Å². The van der Waals surface area contributed by atoms with Crippen LogP contribution < -0.4 is 0 Å². The molecule has 0 unspecified atom stereocenters. The van der Waals surface area contributed by atoms with E-state index in [4.69, 9.17) is 5.11 Å². The van der Waals surface area contributed by atoms with Gasteiger partial charge in [-0.25, -0.2) is 0 Å². The number of aliphatic carboxylic acids is 1. The highest BCUT2D eigenvalue weighted by Gasteiger charge is 2.42. The molecule has 0 bridgehead atoms. The summed E-state index contributed by atoms with van der Waals surface area (Å²) in [6.07, 6.45) is -6.63. The first kappa shape index (κ1) is 14.2. The summed E-state index contributed by atoms with van der Waals surface area (Å²) in [4.78, 5) is 22.0. The van der Waals surface area contributed by atoms with Crippen LogP contribution in [0.5, 0.6) is 0 Å². The Hall–Kier alpha value is -1.85. The standard InChI is InChI=1S/C12H11F3O3/c13-12(14,15)9(7-11(17)18)6-10(16)8-4-2-1-3-5-8/h1-5,9H,6-7H2,(H,17,18)/t9-/m0/s1. The van der Waals surface area contributed by atoms with E-state index in [0.717, 1.165) is 0 Å². The number of hydrogen-bond acceptors (Lipinski definition) is 2. The van der Waals surface area contributed by atoms with Crippen LogP contribution in [0.2, 0.25) is 0 Å². The largest absolute Gasteiger partial charge is 0.481 e. The van der Waals surface area contributed by atoms with Crippen LogP contribution in [-0.4, -0.2) is 23.0 Å². The molecule has 0 radical (unpaired) electrons. The number of halogens is 3. The van der Waals surface area contributed by atoms with E-state index < -0.39 is 36.7 Å². The number of alkyl halides is 3. The van der Waals surface area contributed by atoms with E-state index in [9.17, 15) is 22.8 Å². The molecule has 0 aliphatic carbocycles. The maximum atomic E-state index is 12.5. The van der Waals surface area contributed by atoms with Crippen LogP contribution in [0.3, 0.4) is 0 Å². The van der Waals surface area contributed by atoms with Crippen LogP contribution in [-0.2, 0) is 4.79 Å². The molecule has 1 rings (SSSR count). The van der Waals surface area contributed by atoms with E-state index >= 15 is 0 Å². The van der Waals surface area contributed by atoms with E-state index in [-0.39, 0.29) is 5.56 Å². The SMILES string of the molecule is O=C(O)C[C@H](CC(=O)c1ccccc1)C(F)(F)F. The minimum atomic E-state index is -4.69. The van der Waals surface area contributed by atoms with Crippen molar-refractivity contribution in [1.29, 1.82) is 0 Å². The van der Waals surface area contributed by atoms with E-state index in [2.05, 4.69) is 0 Å². The second kappa shape index (κ2) is 5.66. The molecule has 1 aromatic rings. The lowest BCUT2D eigenvalue weighted by molar-refractivity contribution is -0.182. The minimum Gasteiger partial charge on any atom is -0.481 e. The summed E-state index contributed by atoms with van der Waals surface area (Å²) in [6.45, 7) is 0. The summed E-state index contributed by atoms with van der Waals surface area (Å²) in [6, 6.07) is 7.50. The summed E-state index contributed by atoms with van der Waals surface area (Å²) < 4.78 is 37.6. The molecule has 0 aliphatic rings. The number of carboxylic acids is 1. The summed E-state index contributed by atoms with van der Waals surface area (Å²) >= 11 is 0. The monoisotopic (exact) mass is 260 g/mol. The summed E-state index contributed by atoms with van der Waals surface area (Å²) in [7, 11) is 0. The fourth-order valence-electron chi connectivity index (χ4n) is 1.48. The maximum Gasteiger partial charge on any atom is 0.392 e. The number of hydrogen-bond donors (Lipinski definition) is 1. The first-order chi connectivity index (χ1) is 8.30. The second-order valence-electron chi connectivity index (χ2n) is 3.83. The van der Waals surface area contributed by atoms with Crippen molar-refractivity contribution >= 4 is 11.8 Å². The molecule has 0 amide bonds. The van der Waals surface area contributed by atoms with Gasteiger partial charge in [0.1, 0.15) is 0 Å². The Bertz CT molecular complexity index is 426. The van der Waals surface area contributed by atoms with Crippen molar-refractivity contribution in [2.24, 2.45) is 5.92 Å². The molecule has 18 heavy (non-hydrogen) atoms. The Balaban J connectivity index is 2.78. The first-order valence-corrected chi connectivity index (χ1v) is 5.17. The fourth-order valence-corrected chi connectivity index (χ4v) is 1.48. The first-order valence-electron chi connectivity index (χ1n) is 5.17. The van der Waals surface area contributed by atoms with Crippen LogP contribution in [0.1, 0.15) is 23.2 Å². The van der Waals surface area contributed by atoms with E-state index in [0.29, 0.717) is 0 Å². The van der Waals surface area contributed by atoms with Gasteiger partial charge in [-0.1, -0.05) is 30.3 Å². The molecular formula is C12H11F3O3. The molecule has 1 N–H and O–H groups in total. The van der Waals surface area contributed by atoms with Gasteiger partial charge in [0.25, 0.3) is 0 Å². The number of Topliss-reactive ketones (excluding diaryl/α,β-unsaturated/α-hetero) is 1. The number of ketones is 1. The zero-order valence-corrected chi connectivity index (χ0v) is 9.28. The van der Waals surface area contributed by atoms with Gasteiger partial charge in [0.2, 0.25) is 0 Å². The third kappa shape index (κ3) is 4.20. The van der Waals surface area contributed by atoms with Crippen LogP contribution in [0.15, 0.2) is 30.3 Å². The van der Waals surface area contributed by atoms with E-state index in [1.165, 1.54) is 24.3 Å². The van der Waals surface area contributed by atoms with Crippen molar-refractivity contribution in [3.05, 3.63) is 35.9 Å². The van der Waals surface area contributed by atoms with Crippen LogP contribution in [0.25, 0.3) is 0 Å². The van der Waals surface area contributed by atoms with Gasteiger partial charge in [-0.3, -0.25) is 9.59 Å². The summed E-state index contributed by atoms with van der Waals surface area (Å²) in [5.74, 6) is -4.43. The van der Waals surface area contributed by atoms with Crippen LogP contribution in [0, 0.1) is 5.92 Å². The zero-order chi connectivity index (χ0) is 13.8. The molecule has 6 heteroatoms. The number of rotatable bonds is 5. The smallest absolute Gasteiger partial charge is 0.392 e. The quantitative estimate of drug-likeness (QED) is 0.828. The van der Waals surface area contributed by atoms with Crippen molar-refractivity contribution in [3.8, 4) is 0 Å². The number of carboxylic acid groups (broad SMARTS) is 1. The fraction of sp³-hybridized carbons (Fsp3) is 0.333. The number of carbonyl (C=O) groups is 2. The predicted molar refractivity (Wildman–Crippen MR) is 57.2 cm³/mol. The molecule has 0 aromatic heterocycles. The van der Waals surface area contributed by atoms with Crippen molar-refractivity contribution in [1.82, 2.24) is 0 Å². The average molecular weight is 260 g/mol. The van der Waals surface area contributed by atoms with E-state index in [1.54, 1.807) is 6.07 Å². The lowest BCUT2D eigenvalue weighted by Gasteiger charge is -2.17. The maximum absolute atomic E-state index is 12.5. The van der Waals surface area contributed by atoms with Crippen LogP contribution >= 0.6 is 0 Å². The van der Waals surface area contributed by atoms with Crippen molar-refractivity contribution in [2.75, 3.05) is 0 Å². The van der Waals surface area contributed by atoms with E-state index in [1.807, 2.05) is 0 Å². The molecule has 0 saturated carbocycles. The van der Waals surface area contributed by atoms with Gasteiger partial charge in [0.05, 0.1) is 12.3 Å². The Morgan fingerprint density at radius 2 is 1.67 bits per heavy atom. The highest BCUT2D eigenvalue weighted by Crippen LogP contribution is 2.32. The number of carbonyl (C=O) groups excluding carboxylic acids is 1.